The summed E-state index contributed by atoms with van der Waals surface area (Å²) in [4.78, 5) is 15.9. The van der Waals surface area contributed by atoms with E-state index in [2.05, 4.69) is 10.3 Å². The lowest BCUT2D eigenvalue weighted by molar-refractivity contribution is -0.141. The van der Waals surface area contributed by atoms with Crippen molar-refractivity contribution in [2.45, 2.75) is 19.3 Å². The molecule has 0 radical (unpaired) electrons. The summed E-state index contributed by atoms with van der Waals surface area (Å²) in [5.74, 6) is -0.561. The maximum atomic E-state index is 12.8. The SMILES string of the molecule is CS(=O)(=O)N(Cc1cccc(Cl)c1Cl)c1ccc(C(=O)NCc2cccc(C(F)(F)F)n2)cc1. The molecule has 0 aliphatic rings. The van der Waals surface area contributed by atoms with E-state index in [1.54, 1.807) is 18.2 Å². The summed E-state index contributed by atoms with van der Waals surface area (Å²) in [5.41, 5.74) is -0.0414. The Balaban J connectivity index is 1.74. The summed E-state index contributed by atoms with van der Waals surface area (Å²) < 4.78 is 64.3. The second-order valence-corrected chi connectivity index (χ2v) is 9.92. The van der Waals surface area contributed by atoms with Crippen molar-refractivity contribution in [2.24, 2.45) is 0 Å². The van der Waals surface area contributed by atoms with Crippen LogP contribution in [0, 0.1) is 0 Å². The van der Waals surface area contributed by atoms with Gasteiger partial charge in [-0.3, -0.25) is 9.10 Å². The number of nitrogens with zero attached hydrogens (tertiary/aromatic N) is 2. The van der Waals surface area contributed by atoms with Crippen LogP contribution in [0.5, 0.6) is 0 Å². The lowest BCUT2D eigenvalue weighted by Gasteiger charge is -2.23. The van der Waals surface area contributed by atoms with E-state index < -0.39 is 27.8 Å². The van der Waals surface area contributed by atoms with Gasteiger partial charge in [-0.25, -0.2) is 13.4 Å². The lowest BCUT2D eigenvalue weighted by atomic mass is 10.1. The number of halogens is 5. The largest absolute Gasteiger partial charge is 0.433 e. The first kappa shape index (κ1) is 25.8. The average Bonchev–Trinajstić information content (AvgIpc) is 2.77. The van der Waals surface area contributed by atoms with Gasteiger partial charge in [0.25, 0.3) is 5.91 Å². The molecule has 1 N–H and O–H groups in total. The van der Waals surface area contributed by atoms with Crippen molar-refractivity contribution in [3.8, 4) is 0 Å². The number of carbonyl (C=O) groups excluding carboxylic acids is 1. The van der Waals surface area contributed by atoms with Gasteiger partial charge in [-0.1, -0.05) is 41.4 Å². The number of anilines is 1. The van der Waals surface area contributed by atoms with Crippen molar-refractivity contribution < 1.29 is 26.4 Å². The fourth-order valence-electron chi connectivity index (χ4n) is 3.01. The van der Waals surface area contributed by atoms with Crippen LogP contribution in [0.15, 0.2) is 60.7 Å². The van der Waals surface area contributed by atoms with Crippen LogP contribution < -0.4 is 9.62 Å². The molecule has 1 heterocycles. The molecule has 0 atom stereocenters. The van der Waals surface area contributed by atoms with Crippen molar-refractivity contribution in [1.82, 2.24) is 10.3 Å². The standard InChI is InChI=1S/C22H18Cl2F3N3O3S/c1-34(32,33)30(13-15-4-2-6-18(23)20(15)24)17-10-8-14(9-11-17)21(31)28-12-16-5-3-7-19(29-16)22(25,26)27/h2-11H,12-13H2,1H3,(H,28,31). The van der Waals surface area contributed by atoms with Gasteiger partial charge in [-0.2, -0.15) is 13.2 Å². The molecule has 0 spiro atoms. The Morgan fingerprint density at radius 3 is 2.29 bits per heavy atom. The zero-order chi connectivity index (χ0) is 25.1. The minimum absolute atomic E-state index is 0.0430. The lowest BCUT2D eigenvalue weighted by Crippen LogP contribution is -2.29. The van der Waals surface area contributed by atoms with Crippen LogP contribution in [0.2, 0.25) is 10.0 Å². The maximum Gasteiger partial charge on any atom is 0.433 e. The van der Waals surface area contributed by atoms with Gasteiger partial charge in [0.15, 0.2) is 0 Å². The van der Waals surface area contributed by atoms with Crippen molar-refractivity contribution in [3.63, 3.8) is 0 Å². The molecular formula is C22H18Cl2F3N3O3S. The molecule has 0 saturated heterocycles. The molecule has 3 aromatic rings. The predicted octanol–water partition coefficient (Wildman–Crippen LogP) is 5.30. The number of sulfonamides is 1. The molecule has 180 valence electrons. The van der Waals surface area contributed by atoms with Crippen LogP contribution in [-0.4, -0.2) is 25.6 Å². The Hall–Kier alpha value is -2.82. The molecule has 1 amide bonds. The number of amides is 1. The maximum absolute atomic E-state index is 12.8. The van der Waals surface area contributed by atoms with Crippen LogP contribution >= 0.6 is 23.2 Å². The van der Waals surface area contributed by atoms with Gasteiger partial charge >= 0.3 is 6.18 Å². The van der Waals surface area contributed by atoms with Gasteiger partial charge in [0.1, 0.15) is 5.69 Å². The summed E-state index contributed by atoms with van der Waals surface area (Å²) in [6.45, 7) is -0.293. The monoisotopic (exact) mass is 531 g/mol. The molecule has 34 heavy (non-hydrogen) atoms. The number of alkyl halides is 3. The molecule has 2 aromatic carbocycles. The topological polar surface area (TPSA) is 79.4 Å². The highest BCUT2D eigenvalue weighted by Crippen LogP contribution is 2.29. The third-order valence-corrected chi connectivity index (χ3v) is 6.69. The normalized spacial score (nSPS) is 11.8. The second kappa shape index (κ2) is 10.2. The highest BCUT2D eigenvalue weighted by atomic mass is 35.5. The first-order valence-electron chi connectivity index (χ1n) is 9.68. The molecule has 0 bridgehead atoms. The van der Waals surface area contributed by atoms with Crippen molar-refractivity contribution >= 4 is 44.8 Å². The minimum atomic E-state index is -4.59. The molecule has 1 aromatic heterocycles. The van der Waals surface area contributed by atoms with Gasteiger partial charge in [-0.05, 0) is 48.0 Å². The number of nitrogens with one attached hydrogen (secondary N) is 1. The molecule has 6 nitrogen and oxygen atoms in total. The Kier molecular flexibility index (Phi) is 7.74. The quantitative estimate of drug-likeness (QED) is 0.448. The number of rotatable bonds is 7. The summed E-state index contributed by atoms with van der Waals surface area (Å²) in [7, 11) is -3.71. The molecule has 0 aliphatic carbocycles. The molecular weight excluding hydrogens is 514 g/mol. The summed E-state index contributed by atoms with van der Waals surface area (Å²) in [5, 5.41) is 3.01. The van der Waals surface area contributed by atoms with Gasteiger partial charge in [0.2, 0.25) is 10.0 Å². The number of benzene rings is 2. The van der Waals surface area contributed by atoms with Gasteiger partial charge in [0.05, 0.1) is 40.8 Å². The smallest absolute Gasteiger partial charge is 0.346 e. The minimum Gasteiger partial charge on any atom is -0.346 e. The van der Waals surface area contributed by atoms with Crippen molar-refractivity contribution in [3.05, 3.63) is 93.2 Å². The third-order valence-electron chi connectivity index (χ3n) is 4.69. The van der Waals surface area contributed by atoms with E-state index in [9.17, 15) is 26.4 Å². The number of carbonyl (C=O) groups is 1. The van der Waals surface area contributed by atoms with Gasteiger partial charge in [0, 0.05) is 5.56 Å². The molecule has 0 aliphatic heterocycles. The first-order chi connectivity index (χ1) is 15.9. The van der Waals surface area contributed by atoms with Crippen LogP contribution in [0.1, 0.15) is 27.3 Å². The predicted molar refractivity (Wildman–Crippen MR) is 124 cm³/mol. The van der Waals surface area contributed by atoms with E-state index in [0.717, 1.165) is 16.6 Å². The number of aromatic nitrogens is 1. The van der Waals surface area contributed by atoms with Crippen LogP contribution in [0.4, 0.5) is 18.9 Å². The Bertz CT molecular complexity index is 1300. The molecule has 0 fully saturated rings. The summed E-state index contributed by atoms with van der Waals surface area (Å²) in [6, 6.07) is 14.0. The third kappa shape index (κ3) is 6.40. The van der Waals surface area contributed by atoms with E-state index in [-0.39, 0.29) is 40.1 Å². The van der Waals surface area contributed by atoms with E-state index in [4.69, 9.17) is 23.2 Å². The van der Waals surface area contributed by atoms with Crippen LogP contribution in [0.25, 0.3) is 0 Å². The number of pyridine rings is 1. The molecule has 0 unspecified atom stereocenters. The van der Waals surface area contributed by atoms with E-state index >= 15 is 0 Å². The second-order valence-electron chi connectivity index (χ2n) is 7.22. The van der Waals surface area contributed by atoms with Crippen molar-refractivity contribution in [1.29, 1.82) is 0 Å². The number of hydrogen-bond acceptors (Lipinski definition) is 4. The zero-order valence-electron chi connectivity index (χ0n) is 17.6. The van der Waals surface area contributed by atoms with Crippen LogP contribution in [0.3, 0.4) is 0 Å². The highest BCUT2D eigenvalue weighted by molar-refractivity contribution is 7.92. The Labute approximate surface area is 204 Å². The van der Waals surface area contributed by atoms with E-state index in [0.29, 0.717) is 5.56 Å². The van der Waals surface area contributed by atoms with Crippen molar-refractivity contribution in [2.75, 3.05) is 10.6 Å². The number of hydrogen-bond donors (Lipinski definition) is 1. The zero-order valence-corrected chi connectivity index (χ0v) is 19.9. The summed E-state index contributed by atoms with van der Waals surface area (Å²) in [6.07, 6.45) is -3.55. The molecule has 0 saturated carbocycles. The van der Waals surface area contributed by atoms with E-state index in [1.807, 2.05) is 0 Å². The molecule has 12 heteroatoms. The molecule has 3 rings (SSSR count). The van der Waals surface area contributed by atoms with E-state index in [1.165, 1.54) is 36.4 Å². The fraction of sp³-hybridized carbons (Fsp3) is 0.182. The van der Waals surface area contributed by atoms with Crippen LogP contribution in [-0.2, 0) is 29.3 Å². The summed E-state index contributed by atoms with van der Waals surface area (Å²) >= 11 is 12.2. The highest BCUT2D eigenvalue weighted by Gasteiger charge is 2.32. The first-order valence-corrected chi connectivity index (χ1v) is 12.3. The van der Waals surface area contributed by atoms with Gasteiger partial charge < -0.3 is 5.32 Å². The fourth-order valence-corrected chi connectivity index (χ4v) is 4.27. The van der Waals surface area contributed by atoms with Gasteiger partial charge in [-0.15, -0.1) is 0 Å². The Morgan fingerprint density at radius 2 is 1.68 bits per heavy atom. The average molecular weight is 532 g/mol. The Morgan fingerprint density at radius 1 is 1.03 bits per heavy atom.